The quantitative estimate of drug-likeness (QED) is 0.561. The minimum atomic E-state index is -0.370. The summed E-state index contributed by atoms with van der Waals surface area (Å²) in [4.78, 5) is 22.5. The van der Waals surface area contributed by atoms with Crippen LogP contribution in [0.25, 0.3) is 0 Å². The fourth-order valence-corrected chi connectivity index (χ4v) is 3.52. The molecule has 1 aromatic heterocycles. The topological polar surface area (TPSA) is 87.0 Å². The number of ether oxygens (including phenoxy) is 1. The lowest BCUT2D eigenvalue weighted by Crippen LogP contribution is -2.49. The summed E-state index contributed by atoms with van der Waals surface area (Å²) in [7, 11) is 0. The van der Waals surface area contributed by atoms with Crippen LogP contribution in [0.5, 0.6) is 0 Å². The molecule has 3 rings (SSSR count). The minimum absolute atomic E-state index is 0.0292. The van der Waals surface area contributed by atoms with Gasteiger partial charge in [0.15, 0.2) is 0 Å². The Balaban J connectivity index is 1.63. The highest BCUT2D eigenvalue weighted by Crippen LogP contribution is 2.26. The Morgan fingerprint density at radius 3 is 2.52 bits per heavy atom. The third-order valence-electron chi connectivity index (χ3n) is 5.25. The van der Waals surface area contributed by atoms with Crippen LogP contribution < -0.4 is 10.2 Å². The highest BCUT2D eigenvalue weighted by molar-refractivity contribution is 5.61. The molecule has 0 radical (unpaired) electrons. The van der Waals surface area contributed by atoms with Crippen molar-refractivity contribution >= 4 is 17.3 Å². The summed E-state index contributed by atoms with van der Waals surface area (Å²) in [5.41, 5.74) is 0.0292. The molecule has 0 bridgehead atoms. The van der Waals surface area contributed by atoms with Crippen molar-refractivity contribution in [3.8, 4) is 0 Å². The lowest BCUT2D eigenvalue weighted by Gasteiger charge is -2.37. The molecule has 9 heteroatoms. The van der Waals surface area contributed by atoms with Gasteiger partial charge in [0.25, 0.3) is 0 Å². The zero-order valence-corrected chi connectivity index (χ0v) is 16.3. The van der Waals surface area contributed by atoms with Crippen LogP contribution in [0.15, 0.2) is 12.1 Å². The molecule has 0 atom stereocenters. The third-order valence-corrected chi connectivity index (χ3v) is 5.25. The van der Waals surface area contributed by atoms with Crippen LogP contribution in [-0.2, 0) is 4.74 Å². The minimum Gasteiger partial charge on any atom is -0.379 e. The molecule has 0 aromatic carbocycles. The first-order chi connectivity index (χ1) is 13.0. The van der Waals surface area contributed by atoms with E-state index in [9.17, 15) is 10.1 Å². The molecule has 150 valence electrons. The summed E-state index contributed by atoms with van der Waals surface area (Å²) >= 11 is 0. The molecule has 0 amide bonds. The van der Waals surface area contributed by atoms with E-state index in [1.54, 1.807) is 12.1 Å². The highest BCUT2D eigenvalue weighted by atomic mass is 16.6. The molecule has 1 N–H and O–H groups in total. The van der Waals surface area contributed by atoms with Gasteiger partial charge >= 0.3 is 5.69 Å². The van der Waals surface area contributed by atoms with Crippen LogP contribution in [0.2, 0.25) is 0 Å². The number of aromatic nitrogens is 1. The summed E-state index contributed by atoms with van der Waals surface area (Å²) in [6.07, 6.45) is 0. The Morgan fingerprint density at radius 1 is 1.19 bits per heavy atom. The van der Waals surface area contributed by atoms with Gasteiger partial charge in [-0.05, 0) is 19.9 Å². The number of hydrogen-bond donors (Lipinski definition) is 1. The van der Waals surface area contributed by atoms with Crippen molar-refractivity contribution in [3.05, 3.63) is 22.2 Å². The number of morpholine rings is 1. The van der Waals surface area contributed by atoms with Crippen molar-refractivity contribution in [2.24, 2.45) is 0 Å². The lowest BCUT2D eigenvalue weighted by molar-refractivity contribution is -0.384. The first-order valence-electron chi connectivity index (χ1n) is 9.73. The molecule has 1 aromatic rings. The molecule has 0 spiro atoms. The van der Waals surface area contributed by atoms with Crippen LogP contribution in [0, 0.1) is 10.1 Å². The van der Waals surface area contributed by atoms with E-state index in [0.29, 0.717) is 18.4 Å². The third kappa shape index (κ3) is 5.27. The summed E-state index contributed by atoms with van der Waals surface area (Å²) in [6.45, 7) is 12.9. The maximum absolute atomic E-state index is 11.4. The van der Waals surface area contributed by atoms with Crippen molar-refractivity contribution < 1.29 is 9.66 Å². The number of rotatable bonds is 7. The van der Waals surface area contributed by atoms with E-state index in [1.165, 1.54) is 0 Å². The summed E-state index contributed by atoms with van der Waals surface area (Å²) in [5, 5.41) is 14.5. The predicted molar refractivity (Wildman–Crippen MR) is 106 cm³/mol. The van der Waals surface area contributed by atoms with Gasteiger partial charge in [0, 0.05) is 64.5 Å². The molecule has 2 saturated heterocycles. The maximum atomic E-state index is 11.4. The fraction of sp³-hybridized carbons (Fsp3) is 0.722. The summed E-state index contributed by atoms with van der Waals surface area (Å²) in [5.74, 6) is 1.16. The average Bonchev–Trinajstić information content (AvgIpc) is 2.68. The molecular formula is C18H30N6O3. The van der Waals surface area contributed by atoms with E-state index < -0.39 is 0 Å². The number of anilines is 2. The normalized spacial score (nSPS) is 19.4. The van der Waals surface area contributed by atoms with Gasteiger partial charge in [-0.25, -0.2) is 4.98 Å². The molecule has 3 heterocycles. The molecule has 0 saturated carbocycles. The van der Waals surface area contributed by atoms with Crippen molar-refractivity contribution in [1.29, 1.82) is 0 Å². The smallest absolute Gasteiger partial charge is 0.311 e. The Kier molecular flexibility index (Phi) is 6.81. The number of nitro groups is 1. The van der Waals surface area contributed by atoms with Gasteiger partial charge in [-0.1, -0.05) is 0 Å². The molecular weight excluding hydrogens is 348 g/mol. The Hall–Kier alpha value is -1.97. The summed E-state index contributed by atoms with van der Waals surface area (Å²) < 4.78 is 5.35. The van der Waals surface area contributed by atoms with Crippen LogP contribution in [0.3, 0.4) is 0 Å². The number of nitrogens with zero attached hydrogens (tertiary/aromatic N) is 5. The summed E-state index contributed by atoms with van der Waals surface area (Å²) in [6, 6.07) is 3.86. The van der Waals surface area contributed by atoms with E-state index in [0.717, 1.165) is 64.8 Å². The van der Waals surface area contributed by atoms with Crippen LogP contribution in [0.1, 0.15) is 13.8 Å². The standard InChI is InChI=1S/C18H30N6O3/c1-15(2)22-7-9-23(10-8-22)17-4-3-16(24(25)26)18(20-17)19-5-6-21-11-13-27-14-12-21/h3-4,15H,5-14H2,1-2H3,(H,19,20). The van der Waals surface area contributed by atoms with E-state index in [1.807, 2.05) is 0 Å². The molecule has 0 unspecified atom stereocenters. The van der Waals surface area contributed by atoms with Gasteiger partial charge in [0.2, 0.25) is 5.82 Å². The number of piperazine rings is 1. The van der Waals surface area contributed by atoms with E-state index in [2.05, 4.69) is 38.8 Å². The van der Waals surface area contributed by atoms with E-state index in [-0.39, 0.29) is 10.6 Å². The Bertz CT molecular complexity index is 628. The number of hydrogen-bond acceptors (Lipinski definition) is 8. The molecule has 0 aliphatic carbocycles. The zero-order chi connectivity index (χ0) is 19.2. The number of pyridine rings is 1. The lowest BCUT2D eigenvalue weighted by atomic mass is 10.2. The first-order valence-corrected chi connectivity index (χ1v) is 9.73. The first kappa shape index (κ1) is 19.8. The molecule has 2 fully saturated rings. The van der Waals surface area contributed by atoms with Gasteiger partial charge in [0.05, 0.1) is 18.1 Å². The van der Waals surface area contributed by atoms with Crippen molar-refractivity contribution in [2.45, 2.75) is 19.9 Å². The molecule has 27 heavy (non-hydrogen) atoms. The SMILES string of the molecule is CC(C)N1CCN(c2ccc([N+](=O)[O-])c(NCCN3CCOCC3)n2)CC1. The van der Waals surface area contributed by atoms with Crippen LogP contribution in [0.4, 0.5) is 17.3 Å². The monoisotopic (exact) mass is 378 g/mol. The fourth-order valence-electron chi connectivity index (χ4n) is 3.52. The van der Waals surface area contributed by atoms with Crippen molar-refractivity contribution in [2.75, 3.05) is 75.8 Å². The average molecular weight is 378 g/mol. The molecule has 9 nitrogen and oxygen atoms in total. The second-order valence-corrected chi connectivity index (χ2v) is 7.29. The number of nitrogens with one attached hydrogen (secondary N) is 1. The Labute approximate surface area is 160 Å². The zero-order valence-electron chi connectivity index (χ0n) is 16.3. The van der Waals surface area contributed by atoms with Gasteiger partial charge in [-0.3, -0.25) is 19.9 Å². The second kappa shape index (κ2) is 9.29. The molecule has 2 aliphatic heterocycles. The second-order valence-electron chi connectivity index (χ2n) is 7.29. The van der Waals surface area contributed by atoms with Gasteiger partial charge < -0.3 is 15.0 Å². The van der Waals surface area contributed by atoms with Crippen LogP contribution in [-0.4, -0.2) is 91.3 Å². The maximum Gasteiger partial charge on any atom is 0.311 e. The van der Waals surface area contributed by atoms with Crippen molar-refractivity contribution in [3.63, 3.8) is 0 Å². The predicted octanol–water partition coefficient (Wildman–Crippen LogP) is 1.26. The van der Waals surface area contributed by atoms with Crippen molar-refractivity contribution in [1.82, 2.24) is 14.8 Å². The van der Waals surface area contributed by atoms with Gasteiger partial charge in [-0.2, -0.15) is 0 Å². The Morgan fingerprint density at radius 2 is 1.89 bits per heavy atom. The van der Waals surface area contributed by atoms with Gasteiger partial charge in [-0.15, -0.1) is 0 Å². The largest absolute Gasteiger partial charge is 0.379 e. The highest BCUT2D eigenvalue weighted by Gasteiger charge is 2.23. The van der Waals surface area contributed by atoms with E-state index >= 15 is 0 Å². The molecule has 2 aliphatic rings. The van der Waals surface area contributed by atoms with Crippen LogP contribution >= 0.6 is 0 Å². The van der Waals surface area contributed by atoms with E-state index in [4.69, 9.17) is 4.74 Å². The van der Waals surface area contributed by atoms with Gasteiger partial charge in [0.1, 0.15) is 5.82 Å².